The van der Waals surface area contributed by atoms with Gasteiger partial charge < -0.3 is 14.5 Å². The summed E-state index contributed by atoms with van der Waals surface area (Å²) in [5, 5.41) is 2.81. The molecule has 1 N–H and O–H groups in total. The first kappa shape index (κ1) is 26.8. The van der Waals surface area contributed by atoms with E-state index in [1.54, 1.807) is 12.1 Å². The second-order valence-corrected chi connectivity index (χ2v) is 15.3. The maximum Gasteiger partial charge on any atom is 0.234 e. The van der Waals surface area contributed by atoms with Crippen LogP contribution in [0.3, 0.4) is 0 Å². The Bertz CT molecular complexity index is 1040. The maximum absolute atomic E-state index is 13.5. The van der Waals surface area contributed by atoms with Crippen molar-refractivity contribution in [3.05, 3.63) is 72.1 Å². The number of hydrogen-bond donors (Lipinski definition) is 1. The molecule has 1 unspecified atom stereocenters. The number of amides is 1. The lowest BCUT2D eigenvalue weighted by Gasteiger charge is -2.36. The van der Waals surface area contributed by atoms with E-state index >= 15 is 0 Å². The average molecular weight is 498 g/mol. The lowest BCUT2D eigenvalue weighted by Crippen LogP contribution is -2.41. The summed E-state index contributed by atoms with van der Waals surface area (Å²) in [7, 11) is -2.00. The van der Waals surface area contributed by atoms with Gasteiger partial charge in [-0.1, -0.05) is 57.2 Å². The summed E-state index contributed by atoms with van der Waals surface area (Å²) in [4.78, 5) is 25.4. The minimum atomic E-state index is -2.00. The summed E-state index contributed by atoms with van der Waals surface area (Å²) >= 11 is 0. The Labute approximate surface area is 208 Å². The van der Waals surface area contributed by atoms with Gasteiger partial charge in [0.25, 0.3) is 0 Å². The third kappa shape index (κ3) is 7.12. The first-order chi connectivity index (χ1) is 16.5. The first-order valence-corrected chi connectivity index (χ1v) is 15.0. The molecular formula is C28H36FNO4Si. The summed E-state index contributed by atoms with van der Waals surface area (Å²) < 4.78 is 25.8. The molecule has 1 fully saturated rings. The molecule has 0 saturated carbocycles. The van der Waals surface area contributed by atoms with Crippen LogP contribution in [0.1, 0.15) is 39.2 Å². The van der Waals surface area contributed by atoms with E-state index in [1.807, 2.05) is 36.4 Å². The third-order valence-electron chi connectivity index (χ3n) is 6.90. The fourth-order valence-corrected chi connectivity index (χ4v) is 4.63. The minimum Gasteiger partial charge on any atom is -0.487 e. The highest BCUT2D eigenvalue weighted by molar-refractivity contribution is 6.74. The van der Waals surface area contributed by atoms with Crippen LogP contribution in [0, 0.1) is 11.7 Å². The van der Waals surface area contributed by atoms with Gasteiger partial charge in [0.15, 0.2) is 8.32 Å². The molecule has 35 heavy (non-hydrogen) atoms. The molecule has 2 aromatic carbocycles. The summed E-state index contributed by atoms with van der Waals surface area (Å²) in [6, 6.07) is 15.5. The van der Waals surface area contributed by atoms with Crippen LogP contribution in [-0.4, -0.2) is 39.3 Å². The number of hydrogen-bond acceptors (Lipinski definition) is 4. The number of carbonyl (C=O) groups is 2. The predicted octanol–water partition coefficient (Wildman–Crippen LogP) is 5.77. The SMILES string of the molecule is CC(C)(C)[Si](C)(C)OC/C(=C/CCC(=O)C1C(=O)NC[C@H]1Oc1ccccc1)c1ccc(F)cc1. The zero-order valence-electron chi connectivity index (χ0n) is 21.3. The number of Topliss-reactive ketones (excluding diaryl/α,β-unsaturated/α-hetero) is 1. The van der Waals surface area contributed by atoms with E-state index < -0.39 is 20.3 Å². The fraction of sp³-hybridized carbons (Fsp3) is 0.429. The molecule has 1 aliphatic rings. The third-order valence-corrected chi connectivity index (χ3v) is 11.4. The van der Waals surface area contributed by atoms with Gasteiger partial charge in [0.05, 0.1) is 13.2 Å². The zero-order valence-corrected chi connectivity index (χ0v) is 22.3. The van der Waals surface area contributed by atoms with E-state index in [2.05, 4.69) is 39.2 Å². The van der Waals surface area contributed by atoms with Gasteiger partial charge in [0.2, 0.25) is 5.91 Å². The number of ether oxygens (including phenoxy) is 1. The number of nitrogens with one attached hydrogen (secondary N) is 1. The van der Waals surface area contributed by atoms with E-state index in [1.165, 1.54) is 12.1 Å². The molecule has 0 spiro atoms. The summed E-state index contributed by atoms with van der Waals surface area (Å²) in [6.45, 7) is 11.6. The lowest BCUT2D eigenvalue weighted by molar-refractivity contribution is -0.133. The Morgan fingerprint density at radius 3 is 2.40 bits per heavy atom. The van der Waals surface area contributed by atoms with Crippen LogP contribution in [0.15, 0.2) is 60.7 Å². The first-order valence-electron chi connectivity index (χ1n) is 12.1. The highest BCUT2D eigenvalue weighted by Crippen LogP contribution is 2.37. The molecule has 0 radical (unpaired) electrons. The molecule has 1 saturated heterocycles. The van der Waals surface area contributed by atoms with Crippen LogP contribution in [0.2, 0.25) is 18.1 Å². The Kier molecular flexibility index (Phi) is 8.67. The van der Waals surface area contributed by atoms with Crippen molar-refractivity contribution in [3.8, 4) is 5.75 Å². The standard InChI is InChI=1S/C28H36FNO4Si/c1-28(2,3)35(4,5)33-19-21(20-14-16-22(29)17-15-20)10-9-13-24(31)26-25(18-30-27(26)32)34-23-11-7-6-8-12-23/h6-8,10-12,14-17,25-26H,9,13,18-19H2,1-5H3,(H,30,32)/b21-10-/t25-,26?/m1/s1. The van der Waals surface area contributed by atoms with Gasteiger partial charge in [0.1, 0.15) is 29.4 Å². The Morgan fingerprint density at radius 2 is 1.77 bits per heavy atom. The highest BCUT2D eigenvalue weighted by atomic mass is 28.4. The van der Waals surface area contributed by atoms with Gasteiger partial charge in [-0.2, -0.15) is 0 Å². The number of ketones is 1. The van der Waals surface area contributed by atoms with Crippen molar-refractivity contribution < 1.29 is 23.1 Å². The molecule has 188 valence electrons. The smallest absolute Gasteiger partial charge is 0.234 e. The predicted molar refractivity (Wildman–Crippen MR) is 139 cm³/mol. The Morgan fingerprint density at radius 1 is 1.11 bits per heavy atom. The Balaban J connectivity index is 1.69. The van der Waals surface area contributed by atoms with Gasteiger partial charge in [-0.15, -0.1) is 0 Å². The van der Waals surface area contributed by atoms with Gasteiger partial charge in [-0.3, -0.25) is 9.59 Å². The van der Waals surface area contributed by atoms with E-state index in [0.717, 1.165) is 11.1 Å². The van der Waals surface area contributed by atoms with Crippen molar-refractivity contribution in [2.24, 2.45) is 5.92 Å². The fourth-order valence-electron chi connectivity index (χ4n) is 3.68. The van der Waals surface area contributed by atoms with Crippen LogP contribution >= 0.6 is 0 Å². The molecule has 2 aromatic rings. The zero-order chi connectivity index (χ0) is 25.6. The van der Waals surface area contributed by atoms with E-state index in [0.29, 0.717) is 25.3 Å². The molecule has 3 rings (SSSR count). The molecule has 2 atom stereocenters. The molecule has 1 aliphatic heterocycles. The molecule has 1 heterocycles. The van der Waals surface area contributed by atoms with Crippen molar-refractivity contribution in [1.29, 1.82) is 0 Å². The summed E-state index contributed by atoms with van der Waals surface area (Å²) in [6.07, 6.45) is 2.10. The Hall–Kier alpha value is -2.77. The van der Waals surface area contributed by atoms with Crippen LogP contribution in [0.4, 0.5) is 4.39 Å². The maximum atomic E-state index is 13.5. The van der Waals surface area contributed by atoms with E-state index in [-0.39, 0.29) is 29.0 Å². The number of carbonyl (C=O) groups excluding carboxylic acids is 2. The van der Waals surface area contributed by atoms with Crippen LogP contribution in [0.25, 0.3) is 5.57 Å². The molecule has 0 aromatic heterocycles. The van der Waals surface area contributed by atoms with Crippen LogP contribution in [-0.2, 0) is 14.0 Å². The van der Waals surface area contributed by atoms with Gasteiger partial charge in [-0.05, 0) is 60.0 Å². The quantitative estimate of drug-likeness (QED) is 0.334. The summed E-state index contributed by atoms with van der Waals surface area (Å²) in [5.74, 6) is -0.944. The molecular weight excluding hydrogens is 461 g/mol. The van der Waals surface area contributed by atoms with Gasteiger partial charge >= 0.3 is 0 Å². The number of rotatable bonds is 10. The van der Waals surface area contributed by atoms with E-state index in [4.69, 9.17) is 9.16 Å². The highest BCUT2D eigenvalue weighted by Gasteiger charge is 2.41. The lowest BCUT2D eigenvalue weighted by atomic mass is 9.95. The monoisotopic (exact) mass is 497 g/mol. The minimum absolute atomic E-state index is 0.0560. The van der Waals surface area contributed by atoms with Gasteiger partial charge in [-0.25, -0.2) is 4.39 Å². The average Bonchev–Trinajstić information content (AvgIpc) is 3.16. The largest absolute Gasteiger partial charge is 0.487 e. The van der Waals surface area contributed by atoms with Crippen molar-refractivity contribution in [3.63, 3.8) is 0 Å². The van der Waals surface area contributed by atoms with Crippen molar-refractivity contribution in [2.75, 3.05) is 13.2 Å². The number of halogens is 1. The molecule has 7 heteroatoms. The molecule has 0 bridgehead atoms. The van der Waals surface area contributed by atoms with Gasteiger partial charge in [0, 0.05) is 6.42 Å². The van der Waals surface area contributed by atoms with Crippen molar-refractivity contribution in [2.45, 2.75) is 57.8 Å². The number of allylic oxidation sites excluding steroid dienone is 1. The summed E-state index contributed by atoms with van der Waals surface area (Å²) in [5.41, 5.74) is 1.78. The molecule has 0 aliphatic carbocycles. The normalized spacial score (nSPS) is 18.9. The second-order valence-electron chi connectivity index (χ2n) is 10.5. The molecule has 1 amide bonds. The topological polar surface area (TPSA) is 64.6 Å². The van der Waals surface area contributed by atoms with Crippen molar-refractivity contribution >= 4 is 25.6 Å². The number of para-hydroxylation sites is 1. The molecule has 5 nitrogen and oxygen atoms in total. The number of benzene rings is 2. The van der Waals surface area contributed by atoms with E-state index in [9.17, 15) is 14.0 Å². The van der Waals surface area contributed by atoms with Crippen LogP contribution in [0.5, 0.6) is 5.75 Å². The van der Waals surface area contributed by atoms with Crippen LogP contribution < -0.4 is 10.1 Å². The van der Waals surface area contributed by atoms with Crippen molar-refractivity contribution in [1.82, 2.24) is 5.32 Å². The second kappa shape index (κ2) is 11.3.